The van der Waals surface area contributed by atoms with Crippen LogP contribution in [0.25, 0.3) is 10.8 Å². The maximum atomic E-state index is 13.3. The quantitative estimate of drug-likeness (QED) is 0.0170. The van der Waals surface area contributed by atoms with Crippen molar-refractivity contribution in [2.45, 2.75) is 93.4 Å². The molecule has 0 aliphatic heterocycles. The third-order valence-electron chi connectivity index (χ3n) is 10.9. The monoisotopic (exact) mass is 928 g/mol. The molecule has 1 heterocycles. The number of benzene rings is 3. The average molecular weight is 929 g/mol. The van der Waals surface area contributed by atoms with Crippen molar-refractivity contribution in [2.24, 2.45) is 22.2 Å². The van der Waals surface area contributed by atoms with E-state index in [1.54, 1.807) is 24.3 Å². The fraction of sp³-hybridized carbons (Fsp3) is 0.477. The number of primary amides is 1. The second-order valence-electron chi connectivity index (χ2n) is 15.9. The topological polar surface area (TPSA) is 368 Å². The molecule has 0 saturated heterocycles. The molecular formula is C44H61ClN8O12. The molecule has 0 aliphatic rings. The highest BCUT2D eigenvalue weighted by molar-refractivity contribution is 6.29. The molecule has 17 N–H and O–H groups in total. The number of rotatable bonds is 27. The largest absolute Gasteiger partial charge is 0.394 e. The Morgan fingerprint density at radius 3 is 1.83 bits per heavy atom. The lowest BCUT2D eigenvalue weighted by Crippen LogP contribution is -2.53. The van der Waals surface area contributed by atoms with Crippen molar-refractivity contribution >= 4 is 45.7 Å². The Labute approximate surface area is 380 Å². The van der Waals surface area contributed by atoms with Crippen LogP contribution in [0.15, 0.2) is 71.9 Å². The lowest BCUT2D eigenvalue weighted by Gasteiger charge is -2.33. The van der Waals surface area contributed by atoms with Gasteiger partial charge < -0.3 is 73.6 Å². The van der Waals surface area contributed by atoms with Gasteiger partial charge in [-0.1, -0.05) is 60.1 Å². The molecule has 21 heteroatoms. The van der Waals surface area contributed by atoms with Gasteiger partial charge in [-0.2, -0.15) is 0 Å². The molecule has 0 aliphatic carbocycles. The van der Waals surface area contributed by atoms with E-state index in [2.05, 4.69) is 20.3 Å². The summed E-state index contributed by atoms with van der Waals surface area (Å²) in [5, 5.41) is 105. The molecule has 1 aromatic heterocycles. The van der Waals surface area contributed by atoms with E-state index < -0.39 is 74.0 Å². The molecular weight excluding hydrogens is 868 g/mol. The number of amidine groups is 1. The van der Waals surface area contributed by atoms with E-state index in [1.165, 1.54) is 11.1 Å². The van der Waals surface area contributed by atoms with Crippen LogP contribution in [-0.4, -0.2) is 178 Å². The van der Waals surface area contributed by atoms with Gasteiger partial charge in [0.15, 0.2) is 5.69 Å². The minimum absolute atomic E-state index is 0.0114. The smallest absolute Gasteiger partial charge is 0.269 e. The number of aromatic nitrogens is 2. The Balaban J connectivity index is 1.31. The molecule has 3 aromatic carbocycles. The molecule has 4 rings (SSSR count). The summed E-state index contributed by atoms with van der Waals surface area (Å²) in [4.78, 5) is 38.8. The summed E-state index contributed by atoms with van der Waals surface area (Å²) in [5.41, 5.74) is 21.2. The highest BCUT2D eigenvalue weighted by Gasteiger charge is 2.34. The van der Waals surface area contributed by atoms with Crippen LogP contribution in [0.1, 0.15) is 52.1 Å². The van der Waals surface area contributed by atoms with Gasteiger partial charge in [0.1, 0.15) is 53.3 Å². The molecule has 2 amide bonds. The summed E-state index contributed by atoms with van der Waals surface area (Å²) in [6.07, 6.45) is -9.74. The Morgan fingerprint density at radius 2 is 1.26 bits per heavy atom. The van der Waals surface area contributed by atoms with Crippen molar-refractivity contribution in [1.29, 1.82) is 0 Å². The Bertz CT molecular complexity index is 2140. The Morgan fingerprint density at radius 1 is 0.708 bits per heavy atom. The number of halogens is 1. The number of carbonyl (C=O) groups is 2. The molecule has 9 unspecified atom stereocenters. The van der Waals surface area contributed by atoms with Gasteiger partial charge in [0.05, 0.1) is 37.7 Å². The first-order chi connectivity index (χ1) is 30.9. The number of aryl methyl sites for hydroxylation is 2. The fourth-order valence-electron chi connectivity index (χ4n) is 7.20. The number of amides is 2. The van der Waals surface area contributed by atoms with Crippen LogP contribution >= 0.6 is 11.6 Å². The van der Waals surface area contributed by atoms with E-state index in [1.807, 2.05) is 36.4 Å². The maximum Gasteiger partial charge on any atom is 0.269 e. The number of nitrogens with zero attached hydrogens (tertiary/aromatic N) is 4. The molecule has 9 atom stereocenters. The number of aliphatic hydroxyl groups is 10. The number of aliphatic hydroxyl groups excluding tert-OH is 10. The normalized spacial score (nSPS) is 16.4. The summed E-state index contributed by atoms with van der Waals surface area (Å²) >= 11 is 5.84. The first kappa shape index (κ1) is 52.8. The van der Waals surface area contributed by atoms with Crippen molar-refractivity contribution in [3.63, 3.8) is 0 Å². The van der Waals surface area contributed by atoms with Gasteiger partial charge in [0.25, 0.3) is 5.91 Å². The highest BCUT2D eigenvalue weighted by atomic mass is 35.5. The number of nitrogens with one attached hydrogen (secondary N) is 1. The van der Waals surface area contributed by atoms with E-state index in [0.29, 0.717) is 31.5 Å². The Hall–Kier alpha value is -4.78. The van der Waals surface area contributed by atoms with Gasteiger partial charge in [-0.25, -0.2) is 9.97 Å². The summed E-state index contributed by atoms with van der Waals surface area (Å²) < 4.78 is 0. The van der Waals surface area contributed by atoms with Crippen LogP contribution in [-0.2, 0) is 24.1 Å². The fourth-order valence-corrected chi connectivity index (χ4v) is 7.34. The second kappa shape index (κ2) is 25.8. The number of hydrogen-bond acceptors (Lipinski definition) is 17. The third-order valence-corrected chi connectivity index (χ3v) is 11.1. The number of fused-ring (bicyclic) bond motifs is 1. The molecule has 4 aromatic rings. The zero-order chi connectivity index (χ0) is 47.8. The zero-order valence-corrected chi connectivity index (χ0v) is 36.5. The predicted molar refractivity (Wildman–Crippen MR) is 242 cm³/mol. The lowest BCUT2D eigenvalue weighted by molar-refractivity contribution is -0.130. The van der Waals surface area contributed by atoms with Crippen LogP contribution in [0.4, 0.5) is 5.69 Å². The first-order valence-electron chi connectivity index (χ1n) is 21.1. The number of hydrogen-bond donors (Lipinski definition) is 14. The molecule has 0 bridgehead atoms. The standard InChI is InChI=1S/C44H61ClN8O12/c45-35-19-50-36(37(52-35)43(48)64)42(47)49-16-4-3-7-25-12-13-26(29-9-2-1-8-28(25)29)18-30(46)44(65)51-27-14-10-24(11-15-27)6-5-17-53(20-31(56)38(60)40(62)33(58)22-54)21-32(57)39(61)41(63)34(59)23-55/h1-2,8-15,19,30-34,38-41,54-63H,3-7,16-18,20-23,46H2,(H2,47,49)(H2,48,64)(H,51,65). The minimum atomic E-state index is -1.89. The Kier molecular flexibility index (Phi) is 21.0. The molecule has 356 valence electrons. The van der Waals surface area contributed by atoms with Crippen LogP contribution in [0.2, 0.25) is 5.15 Å². The second-order valence-corrected chi connectivity index (χ2v) is 16.3. The van der Waals surface area contributed by atoms with Crippen molar-refractivity contribution in [2.75, 3.05) is 44.7 Å². The number of unbranched alkanes of at least 4 members (excludes halogenated alkanes) is 1. The van der Waals surface area contributed by atoms with Crippen molar-refractivity contribution in [3.05, 3.63) is 100 Å². The van der Waals surface area contributed by atoms with Gasteiger partial charge >= 0.3 is 0 Å². The van der Waals surface area contributed by atoms with E-state index in [9.17, 15) is 50.4 Å². The average Bonchev–Trinajstić information content (AvgIpc) is 3.30. The highest BCUT2D eigenvalue weighted by Crippen LogP contribution is 2.26. The van der Waals surface area contributed by atoms with Gasteiger partial charge in [-0.05, 0) is 84.7 Å². The minimum Gasteiger partial charge on any atom is -0.394 e. The van der Waals surface area contributed by atoms with Crippen LogP contribution in [0, 0.1) is 0 Å². The van der Waals surface area contributed by atoms with Crippen LogP contribution in [0.3, 0.4) is 0 Å². The van der Waals surface area contributed by atoms with E-state index in [0.717, 1.165) is 40.3 Å². The van der Waals surface area contributed by atoms with Crippen molar-refractivity contribution < 1.29 is 60.7 Å². The molecule has 0 saturated carbocycles. The molecule has 65 heavy (non-hydrogen) atoms. The van der Waals surface area contributed by atoms with Gasteiger partial charge in [0.2, 0.25) is 5.91 Å². The SMILES string of the molecule is NC(=O)c1nc(Cl)cnc1C(N)=NCCCCc1ccc(CC(N)C(=O)Nc2ccc(CCCN(CC(O)C(O)C(O)C(O)CO)CC(O)C(O)C(O)C(O)CO)cc2)c2ccccc12. The summed E-state index contributed by atoms with van der Waals surface area (Å²) in [7, 11) is 0. The van der Waals surface area contributed by atoms with Gasteiger partial charge in [-0.3, -0.25) is 19.5 Å². The lowest BCUT2D eigenvalue weighted by atomic mass is 9.93. The number of nitrogens with two attached hydrogens (primary N) is 3. The van der Waals surface area contributed by atoms with Crippen molar-refractivity contribution in [1.82, 2.24) is 14.9 Å². The van der Waals surface area contributed by atoms with Crippen LogP contribution in [0.5, 0.6) is 0 Å². The van der Waals surface area contributed by atoms with E-state index >= 15 is 0 Å². The molecule has 0 radical (unpaired) electrons. The summed E-state index contributed by atoms with van der Waals surface area (Å²) in [6.45, 7) is -1.96. The van der Waals surface area contributed by atoms with E-state index in [-0.39, 0.29) is 54.3 Å². The molecule has 0 spiro atoms. The summed E-state index contributed by atoms with van der Waals surface area (Å²) in [5.74, 6) is -1.16. The molecule has 20 nitrogen and oxygen atoms in total. The van der Waals surface area contributed by atoms with Crippen molar-refractivity contribution in [3.8, 4) is 0 Å². The number of anilines is 1. The van der Waals surface area contributed by atoms with E-state index in [4.69, 9.17) is 39.0 Å². The number of carbonyl (C=O) groups excluding carboxylic acids is 2. The summed E-state index contributed by atoms with van der Waals surface area (Å²) in [6, 6.07) is 18.0. The zero-order valence-electron chi connectivity index (χ0n) is 35.7. The van der Waals surface area contributed by atoms with Gasteiger partial charge in [-0.15, -0.1) is 0 Å². The predicted octanol–water partition coefficient (Wildman–Crippen LogP) is -2.27. The van der Waals surface area contributed by atoms with Gasteiger partial charge in [0, 0.05) is 25.3 Å². The number of aliphatic imine (C=N–C) groups is 1. The molecule has 0 fully saturated rings. The maximum absolute atomic E-state index is 13.3. The van der Waals surface area contributed by atoms with Crippen LogP contribution < -0.4 is 22.5 Å². The first-order valence-corrected chi connectivity index (χ1v) is 21.5. The third kappa shape index (κ3) is 15.4.